The van der Waals surface area contributed by atoms with E-state index in [9.17, 15) is 0 Å². The van der Waals surface area contributed by atoms with Crippen molar-refractivity contribution in [1.29, 1.82) is 0 Å². The molecule has 0 aromatic heterocycles. The highest BCUT2D eigenvalue weighted by Crippen LogP contribution is 2.29. The van der Waals surface area contributed by atoms with Gasteiger partial charge < -0.3 is 9.84 Å². The van der Waals surface area contributed by atoms with Crippen LogP contribution in [0.1, 0.15) is 20.3 Å². The van der Waals surface area contributed by atoms with Crippen molar-refractivity contribution in [2.24, 2.45) is 15.9 Å². The third kappa shape index (κ3) is 2.01. The minimum atomic E-state index is -0.111. The summed E-state index contributed by atoms with van der Waals surface area (Å²) in [6.07, 6.45) is 2.34. The van der Waals surface area contributed by atoms with Crippen LogP contribution < -0.4 is 0 Å². The lowest BCUT2D eigenvalue weighted by molar-refractivity contribution is -0.0372. The largest absolute Gasteiger partial charge is 0.394 e. The number of ether oxygens (including phenoxy) is 1. The Morgan fingerprint density at radius 2 is 2.44 bits per heavy atom. The maximum Gasteiger partial charge on any atom is 0.137 e. The summed E-state index contributed by atoms with van der Waals surface area (Å²) in [5.74, 6) is 1.68. The molecule has 5 heteroatoms. The first-order valence-electron chi connectivity index (χ1n) is 5.45. The SMILES string of the molecule is C=C1N=C(C)N=CN1[C@H]1CC(C)[C@@H](CO)O1. The Hall–Kier alpha value is -1.20. The smallest absolute Gasteiger partial charge is 0.137 e. The lowest BCUT2D eigenvalue weighted by Gasteiger charge is -2.27. The molecule has 2 rings (SSSR count). The van der Waals surface area contributed by atoms with E-state index in [0.717, 1.165) is 6.42 Å². The normalized spacial score (nSPS) is 34.4. The molecule has 16 heavy (non-hydrogen) atoms. The van der Waals surface area contributed by atoms with E-state index in [-0.39, 0.29) is 18.9 Å². The highest BCUT2D eigenvalue weighted by atomic mass is 16.5. The van der Waals surface area contributed by atoms with Gasteiger partial charge in [-0.2, -0.15) is 0 Å². The number of nitrogens with zero attached hydrogens (tertiary/aromatic N) is 3. The number of rotatable bonds is 2. The Kier molecular flexibility index (Phi) is 3.07. The molecule has 1 fully saturated rings. The van der Waals surface area contributed by atoms with Crippen LogP contribution >= 0.6 is 0 Å². The third-order valence-electron chi connectivity index (χ3n) is 2.99. The van der Waals surface area contributed by atoms with Gasteiger partial charge in [-0.15, -0.1) is 0 Å². The highest BCUT2D eigenvalue weighted by molar-refractivity contribution is 5.90. The Labute approximate surface area is 95.1 Å². The molecular formula is C11H17N3O2. The maximum atomic E-state index is 9.13. The van der Waals surface area contributed by atoms with E-state index in [4.69, 9.17) is 9.84 Å². The van der Waals surface area contributed by atoms with Crippen LogP contribution in [0.5, 0.6) is 0 Å². The van der Waals surface area contributed by atoms with Crippen LogP contribution in [0.4, 0.5) is 0 Å². The van der Waals surface area contributed by atoms with Gasteiger partial charge in [-0.05, 0) is 19.3 Å². The van der Waals surface area contributed by atoms with Crippen molar-refractivity contribution in [2.45, 2.75) is 32.6 Å². The molecule has 0 aromatic carbocycles. The number of aliphatic hydroxyl groups is 1. The van der Waals surface area contributed by atoms with E-state index >= 15 is 0 Å². The van der Waals surface area contributed by atoms with E-state index in [1.165, 1.54) is 0 Å². The summed E-state index contributed by atoms with van der Waals surface area (Å²) in [6.45, 7) is 7.82. The van der Waals surface area contributed by atoms with E-state index in [2.05, 4.69) is 23.5 Å². The Balaban J connectivity index is 2.06. The van der Waals surface area contributed by atoms with Crippen molar-refractivity contribution in [2.75, 3.05) is 6.61 Å². The summed E-state index contributed by atoms with van der Waals surface area (Å²) in [7, 11) is 0. The van der Waals surface area contributed by atoms with Gasteiger partial charge in [-0.3, -0.25) is 4.90 Å². The molecule has 0 saturated carbocycles. The molecule has 2 aliphatic rings. The summed E-state index contributed by atoms with van der Waals surface area (Å²) in [6, 6.07) is 0. The molecule has 0 aromatic rings. The van der Waals surface area contributed by atoms with Gasteiger partial charge in [0, 0.05) is 0 Å². The quantitative estimate of drug-likeness (QED) is 0.758. The van der Waals surface area contributed by atoms with Crippen molar-refractivity contribution in [3.05, 3.63) is 12.4 Å². The Morgan fingerprint density at radius 3 is 3.00 bits per heavy atom. The van der Waals surface area contributed by atoms with Crippen LogP contribution in [0.3, 0.4) is 0 Å². The molecule has 88 valence electrons. The minimum Gasteiger partial charge on any atom is -0.394 e. The number of aliphatic imine (C=N–C) groups is 2. The number of aliphatic hydroxyl groups excluding tert-OH is 1. The van der Waals surface area contributed by atoms with Crippen molar-refractivity contribution in [3.63, 3.8) is 0 Å². The minimum absolute atomic E-state index is 0.0530. The van der Waals surface area contributed by atoms with Crippen molar-refractivity contribution >= 4 is 12.2 Å². The second-order valence-electron chi connectivity index (χ2n) is 4.25. The molecule has 2 aliphatic heterocycles. The Bertz CT molecular complexity index is 351. The first-order chi connectivity index (χ1) is 7.61. The van der Waals surface area contributed by atoms with Crippen LogP contribution in [0, 0.1) is 5.92 Å². The van der Waals surface area contributed by atoms with Crippen molar-refractivity contribution < 1.29 is 9.84 Å². The topological polar surface area (TPSA) is 57.4 Å². The monoisotopic (exact) mass is 223 g/mol. The molecule has 5 nitrogen and oxygen atoms in total. The van der Waals surface area contributed by atoms with Gasteiger partial charge in [0.25, 0.3) is 0 Å². The fourth-order valence-electron chi connectivity index (χ4n) is 1.99. The first-order valence-corrected chi connectivity index (χ1v) is 5.45. The van der Waals surface area contributed by atoms with Gasteiger partial charge in [0.05, 0.1) is 12.7 Å². The molecular weight excluding hydrogens is 206 g/mol. The molecule has 0 aliphatic carbocycles. The van der Waals surface area contributed by atoms with Gasteiger partial charge in [-0.25, -0.2) is 9.98 Å². The molecule has 1 saturated heterocycles. The third-order valence-corrected chi connectivity index (χ3v) is 2.99. The molecule has 0 bridgehead atoms. The fraction of sp³-hybridized carbons (Fsp3) is 0.636. The van der Waals surface area contributed by atoms with E-state index in [0.29, 0.717) is 17.6 Å². The standard InChI is InChI=1S/C11H17N3O2/c1-7-4-11(16-10(7)5-15)14-6-12-8(2)13-9(14)3/h6-7,10-11,15H,3-5H2,1-2H3/t7?,10-,11-/m1/s1. The van der Waals surface area contributed by atoms with Crippen LogP contribution in [-0.2, 0) is 4.74 Å². The molecule has 3 atom stereocenters. The zero-order chi connectivity index (χ0) is 11.7. The first kappa shape index (κ1) is 11.3. The van der Waals surface area contributed by atoms with Gasteiger partial charge in [-0.1, -0.05) is 13.5 Å². The van der Waals surface area contributed by atoms with E-state index in [1.807, 2.05) is 11.8 Å². The fourth-order valence-corrected chi connectivity index (χ4v) is 1.99. The molecule has 1 unspecified atom stereocenters. The zero-order valence-corrected chi connectivity index (χ0v) is 9.63. The predicted molar refractivity (Wildman–Crippen MR) is 62.1 cm³/mol. The molecule has 1 N–H and O–H groups in total. The number of hydrogen-bond donors (Lipinski definition) is 1. The lowest BCUT2D eigenvalue weighted by atomic mass is 10.0. The average molecular weight is 223 g/mol. The zero-order valence-electron chi connectivity index (χ0n) is 9.63. The van der Waals surface area contributed by atoms with Crippen LogP contribution in [0.25, 0.3) is 0 Å². The van der Waals surface area contributed by atoms with E-state index in [1.54, 1.807) is 6.34 Å². The van der Waals surface area contributed by atoms with Gasteiger partial charge in [0.2, 0.25) is 0 Å². The summed E-state index contributed by atoms with van der Waals surface area (Å²) >= 11 is 0. The van der Waals surface area contributed by atoms with Crippen LogP contribution in [-0.4, -0.2) is 41.1 Å². The van der Waals surface area contributed by atoms with Crippen LogP contribution in [0.15, 0.2) is 22.4 Å². The van der Waals surface area contributed by atoms with Gasteiger partial charge >= 0.3 is 0 Å². The van der Waals surface area contributed by atoms with E-state index < -0.39 is 0 Å². The van der Waals surface area contributed by atoms with Gasteiger partial charge in [0.15, 0.2) is 0 Å². The van der Waals surface area contributed by atoms with Crippen molar-refractivity contribution in [3.8, 4) is 0 Å². The lowest BCUT2D eigenvalue weighted by Crippen LogP contribution is -2.35. The average Bonchev–Trinajstić information content (AvgIpc) is 2.59. The number of amidine groups is 1. The maximum absolute atomic E-state index is 9.13. The predicted octanol–water partition coefficient (Wildman–Crippen LogP) is 0.963. The second-order valence-corrected chi connectivity index (χ2v) is 4.25. The molecule has 0 spiro atoms. The summed E-state index contributed by atoms with van der Waals surface area (Å²) in [4.78, 5) is 10.1. The summed E-state index contributed by atoms with van der Waals surface area (Å²) in [5, 5.41) is 9.13. The molecule has 2 heterocycles. The highest BCUT2D eigenvalue weighted by Gasteiger charge is 2.35. The number of hydrogen-bond acceptors (Lipinski definition) is 5. The van der Waals surface area contributed by atoms with Crippen LogP contribution in [0.2, 0.25) is 0 Å². The Morgan fingerprint density at radius 1 is 1.69 bits per heavy atom. The van der Waals surface area contributed by atoms with Crippen molar-refractivity contribution in [1.82, 2.24) is 4.90 Å². The molecule has 0 radical (unpaired) electrons. The second kappa shape index (κ2) is 4.35. The summed E-state index contributed by atoms with van der Waals surface area (Å²) in [5.41, 5.74) is 0. The molecule has 0 amide bonds. The summed E-state index contributed by atoms with van der Waals surface area (Å²) < 4.78 is 5.72. The van der Waals surface area contributed by atoms with Gasteiger partial charge in [0.1, 0.15) is 24.2 Å².